The Bertz CT molecular complexity index is 826. The van der Waals surface area contributed by atoms with Crippen molar-refractivity contribution in [1.29, 1.82) is 0 Å². The van der Waals surface area contributed by atoms with Crippen molar-refractivity contribution in [2.24, 2.45) is 23.7 Å². The van der Waals surface area contributed by atoms with E-state index in [4.69, 9.17) is 20.9 Å². The maximum Gasteiger partial charge on any atom is 0.145 e. The SMILES string of the molecule is Clc1ccccc1-c1noc(C2CC2)c1COC1C[C@@H]2CC3C[C@H](C1)C32. The molecule has 4 fully saturated rings. The smallest absolute Gasteiger partial charge is 0.145 e. The van der Waals surface area contributed by atoms with Gasteiger partial charge in [0.2, 0.25) is 0 Å². The highest BCUT2D eigenvalue weighted by molar-refractivity contribution is 6.33. The number of benzene rings is 1. The van der Waals surface area contributed by atoms with Gasteiger partial charge in [0.05, 0.1) is 17.7 Å². The van der Waals surface area contributed by atoms with Crippen LogP contribution in [-0.2, 0) is 11.3 Å². The summed E-state index contributed by atoms with van der Waals surface area (Å²) in [4.78, 5) is 0. The summed E-state index contributed by atoms with van der Waals surface area (Å²) in [6, 6.07) is 7.89. The molecular formula is C22H24ClNO2. The van der Waals surface area contributed by atoms with Gasteiger partial charge in [-0.3, -0.25) is 0 Å². The van der Waals surface area contributed by atoms with E-state index in [1.54, 1.807) is 0 Å². The minimum absolute atomic E-state index is 0.406. The lowest BCUT2D eigenvalue weighted by molar-refractivity contribution is -0.166. The van der Waals surface area contributed by atoms with Gasteiger partial charge < -0.3 is 9.26 Å². The molecule has 5 atom stereocenters. The minimum Gasteiger partial charge on any atom is -0.373 e. The summed E-state index contributed by atoms with van der Waals surface area (Å²) >= 11 is 6.43. The molecule has 0 N–H and O–H groups in total. The zero-order valence-electron chi connectivity index (χ0n) is 14.9. The molecule has 1 aromatic heterocycles. The number of aromatic nitrogens is 1. The summed E-state index contributed by atoms with van der Waals surface area (Å²) in [7, 11) is 0. The molecule has 26 heavy (non-hydrogen) atoms. The molecule has 4 saturated carbocycles. The lowest BCUT2D eigenvalue weighted by Crippen LogP contribution is -2.56. The maximum atomic E-state index is 6.45. The summed E-state index contributed by atoms with van der Waals surface area (Å²) in [5, 5.41) is 5.12. The molecule has 4 aliphatic rings. The zero-order chi connectivity index (χ0) is 17.3. The summed E-state index contributed by atoms with van der Waals surface area (Å²) < 4.78 is 12.2. The average Bonchev–Trinajstić information content (AvgIpc) is 3.36. The van der Waals surface area contributed by atoms with Crippen molar-refractivity contribution in [2.45, 2.75) is 57.2 Å². The molecule has 4 heteroatoms. The normalized spacial score (nSPS) is 34.7. The van der Waals surface area contributed by atoms with Crippen LogP contribution in [0, 0.1) is 23.7 Å². The van der Waals surface area contributed by atoms with Gasteiger partial charge in [0.25, 0.3) is 0 Å². The van der Waals surface area contributed by atoms with Gasteiger partial charge >= 0.3 is 0 Å². The second-order valence-electron chi connectivity index (χ2n) is 8.86. The third kappa shape index (κ3) is 2.40. The molecule has 3 unspecified atom stereocenters. The molecule has 1 aromatic carbocycles. The molecule has 3 nitrogen and oxygen atoms in total. The predicted octanol–water partition coefficient (Wildman–Crippen LogP) is 5.82. The summed E-state index contributed by atoms with van der Waals surface area (Å²) in [6.45, 7) is 0.605. The molecule has 0 amide bonds. The molecule has 0 bridgehead atoms. The first kappa shape index (κ1) is 15.7. The lowest BCUT2D eigenvalue weighted by atomic mass is 9.43. The van der Waals surface area contributed by atoms with E-state index in [1.165, 1.54) is 38.5 Å². The first-order valence-corrected chi connectivity index (χ1v) is 10.5. The minimum atomic E-state index is 0.406. The van der Waals surface area contributed by atoms with Crippen molar-refractivity contribution in [2.75, 3.05) is 0 Å². The van der Waals surface area contributed by atoms with Gasteiger partial charge in [-0.15, -0.1) is 0 Å². The highest BCUT2D eigenvalue weighted by atomic mass is 35.5. The van der Waals surface area contributed by atoms with E-state index in [1.807, 2.05) is 24.3 Å². The monoisotopic (exact) mass is 369 g/mol. The van der Waals surface area contributed by atoms with Crippen molar-refractivity contribution >= 4 is 11.6 Å². The van der Waals surface area contributed by atoms with Crippen LogP contribution in [0.2, 0.25) is 5.02 Å². The first-order chi connectivity index (χ1) is 12.8. The quantitative estimate of drug-likeness (QED) is 0.665. The molecule has 6 rings (SSSR count). The van der Waals surface area contributed by atoms with Gasteiger partial charge in [0, 0.05) is 17.0 Å². The topological polar surface area (TPSA) is 35.3 Å². The lowest BCUT2D eigenvalue weighted by Gasteiger charge is -2.63. The van der Waals surface area contributed by atoms with Gasteiger partial charge in [-0.1, -0.05) is 35.0 Å². The fraction of sp³-hybridized carbons (Fsp3) is 0.591. The van der Waals surface area contributed by atoms with Gasteiger partial charge in [0.15, 0.2) is 0 Å². The summed E-state index contributed by atoms with van der Waals surface area (Å²) in [5.41, 5.74) is 2.95. The van der Waals surface area contributed by atoms with E-state index in [2.05, 4.69) is 5.16 Å². The Morgan fingerprint density at radius 3 is 2.46 bits per heavy atom. The number of nitrogens with zero attached hydrogens (tertiary/aromatic N) is 1. The number of halogens is 1. The van der Waals surface area contributed by atoms with Crippen LogP contribution in [0.5, 0.6) is 0 Å². The molecule has 0 radical (unpaired) electrons. The van der Waals surface area contributed by atoms with Crippen LogP contribution in [0.4, 0.5) is 0 Å². The highest BCUT2D eigenvalue weighted by Gasteiger charge is 2.57. The van der Waals surface area contributed by atoms with Crippen LogP contribution in [0.3, 0.4) is 0 Å². The second-order valence-corrected chi connectivity index (χ2v) is 9.27. The van der Waals surface area contributed by atoms with E-state index < -0.39 is 0 Å². The van der Waals surface area contributed by atoms with Crippen LogP contribution in [-0.4, -0.2) is 11.3 Å². The molecule has 0 aliphatic heterocycles. The van der Waals surface area contributed by atoms with Crippen molar-refractivity contribution in [1.82, 2.24) is 5.16 Å². The zero-order valence-corrected chi connectivity index (χ0v) is 15.6. The standard InChI is InChI=1S/C22H24ClNO2/c23-19-4-2-1-3-17(19)21-18(22(26-24-21)12-5-6-12)11-25-16-9-14-7-13-8-15(10-16)20(13)14/h1-4,12-16,20H,5-11H2/t13?,14-,15+,16?,20?. The molecule has 2 aromatic rings. The molecule has 0 spiro atoms. The van der Waals surface area contributed by atoms with Crippen LogP contribution in [0.15, 0.2) is 28.8 Å². The number of hydrogen-bond acceptors (Lipinski definition) is 3. The molecule has 1 heterocycles. The van der Waals surface area contributed by atoms with E-state index >= 15 is 0 Å². The van der Waals surface area contributed by atoms with Crippen molar-refractivity contribution in [3.63, 3.8) is 0 Å². The van der Waals surface area contributed by atoms with Gasteiger partial charge in [-0.05, 0) is 68.3 Å². The van der Waals surface area contributed by atoms with Crippen LogP contribution in [0.25, 0.3) is 11.3 Å². The third-order valence-electron chi connectivity index (χ3n) is 7.33. The molecular weight excluding hydrogens is 346 g/mol. The van der Waals surface area contributed by atoms with E-state index in [0.29, 0.717) is 18.6 Å². The highest BCUT2D eigenvalue weighted by Crippen LogP contribution is 2.63. The molecule has 136 valence electrons. The van der Waals surface area contributed by atoms with E-state index in [9.17, 15) is 0 Å². The molecule has 4 aliphatic carbocycles. The largest absolute Gasteiger partial charge is 0.373 e. The Labute approximate surface area is 159 Å². The van der Waals surface area contributed by atoms with Crippen molar-refractivity contribution in [3.8, 4) is 11.3 Å². The number of rotatable bonds is 5. The van der Waals surface area contributed by atoms with Gasteiger partial charge in [0.1, 0.15) is 11.5 Å². The number of hydrogen-bond donors (Lipinski definition) is 0. The van der Waals surface area contributed by atoms with E-state index in [-0.39, 0.29) is 0 Å². The Morgan fingerprint density at radius 2 is 1.77 bits per heavy atom. The van der Waals surface area contributed by atoms with Crippen molar-refractivity contribution in [3.05, 3.63) is 40.6 Å². The summed E-state index contributed by atoms with van der Waals surface area (Å²) in [5.74, 6) is 5.54. The fourth-order valence-corrected chi connectivity index (χ4v) is 6.10. The van der Waals surface area contributed by atoms with Crippen LogP contribution < -0.4 is 0 Å². The third-order valence-corrected chi connectivity index (χ3v) is 7.66. The maximum absolute atomic E-state index is 6.45. The average molecular weight is 370 g/mol. The Hall–Kier alpha value is -1.32. The van der Waals surface area contributed by atoms with Crippen LogP contribution >= 0.6 is 11.6 Å². The Morgan fingerprint density at radius 1 is 1.04 bits per heavy atom. The molecule has 0 saturated heterocycles. The number of ether oxygens (including phenoxy) is 1. The Balaban J connectivity index is 1.25. The predicted molar refractivity (Wildman–Crippen MR) is 99.9 cm³/mol. The van der Waals surface area contributed by atoms with Crippen molar-refractivity contribution < 1.29 is 9.26 Å². The first-order valence-electron chi connectivity index (χ1n) is 10.1. The van der Waals surface area contributed by atoms with Gasteiger partial charge in [-0.25, -0.2) is 0 Å². The second kappa shape index (κ2) is 5.84. The van der Waals surface area contributed by atoms with Crippen LogP contribution in [0.1, 0.15) is 55.8 Å². The summed E-state index contributed by atoms with van der Waals surface area (Å²) in [6.07, 6.45) is 8.20. The fourth-order valence-electron chi connectivity index (χ4n) is 5.87. The Kier molecular flexibility index (Phi) is 3.53. The van der Waals surface area contributed by atoms with E-state index in [0.717, 1.165) is 51.3 Å². The van der Waals surface area contributed by atoms with Gasteiger partial charge in [-0.2, -0.15) is 0 Å².